The van der Waals surface area contributed by atoms with Crippen molar-refractivity contribution in [1.29, 1.82) is 0 Å². The van der Waals surface area contributed by atoms with E-state index < -0.39 is 311 Å². The lowest BCUT2D eigenvalue weighted by Crippen LogP contribution is -2.66. The number of carbonyl (C=O) groups is 11. The van der Waals surface area contributed by atoms with Gasteiger partial charge in [-0.05, 0) is 147 Å². The summed E-state index contributed by atoms with van der Waals surface area (Å²) in [6.45, 7) is 6.26. The molecular weight excluding hydrogens is 1990 g/mol. The summed E-state index contributed by atoms with van der Waals surface area (Å²) in [5.41, 5.74) is 1.23. The summed E-state index contributed by atoms with van der Waals surface area (Å²) in [5, 5.41) is 142. The number of aliphatic hydroxyl groups excluding tert-OH is 6. The maximum Gasteiger partial charge on any atom is 0.411 e. The molecule has 18 atom stereocenters. The van der Waals surface area contributed by atoms with Crippen LogP contribution in [-0.4, -0.2) is 272 Å². The highest BCUT2D eigenvalue weighted by atomic mass is 35.5. The van der Waals surface area contributed by atoms with Gasteiger partial charge in [-0.2, -0.15) is 0 Å². The highest BCUT2D eigenvalue weighted by Crippen LogP contribution is 2.62. The predicted octanol–water partition coefficient (Wildman–Crippen LogP) is 4.82. The maximum atomic E-state index is 16.5. The number of hydrogen-bond acceptors (Lipinski definition) is 33. The van der Waals surface area contributed by atoms with Gasteiger partial charge in [-0.1, -0.05) is 119 Å². The van der Waals surface area contributed by atoms with Crippen LogP contribution in [0, 0.1) is 5.92 Å². The number of carboxylic acid groups (broad SMARTS) is 1. The molecule has 792 valence electrons. The Balaban J connectivity index is 0.995. The predicted molar refractivity (Wildman–Crippen MR) is 514 cm³/mol. The maximum absolute atomic E-state index is 16.5. The number of nitrogens with one attached hydrogen (secondary N) is 10. The first-order valence-corrected chi connectivity index (χ1v) is 50.9. The van der Waals surface area contributed by atoms with Gasteiger partial charge in [0.25, 0.3) is 0 Å². The first kappa shape index (κ1) is 114. The number of aliphatic hydroxyl groups is 6. The topological polar surface area (TPSA) is 729 Å². The number of aliphatic carboxylic acids is 1. The molecule has 0 aliphatic carbocycles. The van der Waals surface area contributed by atoms with Crippen LogP contribution in [-0.2, 0) is 89.1 Å². The van der Waals surface area contributed by atoms with Gasteiger partial charge in [0, 0.05) is 60.5 Å². The Morgan fingerprint density at radius 3 is 1.90 bits per heavy atom. The van der Waals surface area contributed by atoms with Crippen molar-refractivity contribution in [2.75, 3.05) is 51.8 Å². The van der Waals surface area contributed by atoms with E-state index in [1.807, 2.05) is 0 Å². The number of anilines is 1. The van der Waals surface area contributed by atoms with Crippen LogP contribution in [0.25, 0.3) is 11.1 Å². The Bertz CT molecular complexity index is 5750. The molecule has 18 unspecified atom stereocenters. The second-order valence-corrected chi connectivity index (χ2v) is 41.2. The monoisotopic (exact) mass is 2110 g/mol. The van der Waals surface area contributed by atoms with E-state index in [1.165, 1.54) is 49.2 Å². The van der Waals surface area contributed by atoms with Crippen molar-refractivity contribution in [3.05, 3.63) is 146 Å². The molecule has 0 saturated carbocycles. The molecule has 7 heterocycles. The minimum atomic E-state index is -5.21. The summed E-state index contributed by atoms with van der Waals surface area (Å²) in [6.07, 6.45) is -15.0. The molecule has 7 aliphatic rings. The summed E-state index contributed by atoms with van der Waals surface area (Å²) >= 11 is 14.4. The molecule has 9 amide bonds. The van der Waals surface area contributed by atoms with Gasteiger partial charge >= 0.3 is 33.3 Å². The minimum Gasteiger partial charge on any atom is -0.507 e. The third kappa shape index (κ3) is 29.1. The number of nitrogens with two attached hydrogens (primary N) is 1. The van der Waals surface area contributed by atoms with E-state index in [0.717, 1.165) is 112 Å². The molecule has 11 bridgehead atoms. The Hall–Kier alpha value is -11.5. The largest absolute Gasteiger partial charge is 0.507 e. The molecule has 2 saturated heterocycles. The number of amides is 9. The number of nitrogens with zero attached hydrogens (tertiary/aromatic N) is 1. The van der Waals surface area contributed by atoms with Crippen LogP contribution in [0.15, 0.2) is 97.1 Å². The molecule has 13 rings (SSSR count). The average Bonchev–Trinajstić information content (AvgIpc) is 0.749. The van der Waals surface area contributed by atoms with Crippen molar-refractivity contribution in [3.63, 3.8) is 0 Å². The smallest absolute Gasteiger partial charge is 0.411 e. The summed E-state index contributed by atoms with van der Waals surface area (Å²) < 4.78 is 74.1. The molecule has 6 aromatic carbocycles. The number of fused-ring (bicyclic) bond motifs is 15. The Kier molecular flexibility index (Phi) is 39.8. The molecule has 0 radical (unpaired) electrons. The van der Waals surface area contributed by atoms with Gasteiger partial charge < -0.3 is 172 Å². The average molecular weight is 2110 g/mol. The van der Waals surface area contributed by atoms with Crippen molar-refractivity contribution in [1.82, 2.24) is 52.8 Å². The first-order chi connectivity index (χ1) is 68.6. The zero-order valence-electron chi connectivity index (χ0n) is 79.6. The van der Waals surface area contributed by atoms with Gasteiger partial charge in [0.15, 0.2) is 35.3 Å². The van der Waals surface area contributed by atoms with E-state index in [2.05, 4.69) is 60.1 Å². The quantitative estimate of drug-likeness (QED) is 0.0140. The molecule has 47 nitrogen and oxygen atoms in total. The number of primary amides is 1. The number of rotatable bonds is 39. The lowest BCUT2D eigenvalue weighted by Gasteiger charge is -2.48. The standard InChI is InChI=1S/C94H122Cl2N12O35P2/c1-7-8-9-10-11-12-13-14-29-108(93(129)137-44-47-17-22-52(23-18-47)101-92(128)136-32-15-16-69(144(130,131)132)145(133,134)135)30-27-100-94(5)41-68(138-46(4)83(94)119)142-82-80(118)79(117)66(43-110)141-91(82)143-81-64-37-51-38-65(81)140-63-26-21-50(36-57(63)96)77(115)75-89(125)105-73(90(126)127)54-39-61(112)55(42-99-28-31-109)78(116)70(54)53-34-48(19-24-60(53)111)71(86(122)107-75)104-87(123)72(51)103-85(121)59(40-67(97)113)102-88(124)74(106-84(120)58(98-6)33-45(2)3)76(114)49-20-25-62(139-64)56(95)35-49/h17-26,31,34-39,45-46,58-59,66,68-69,71-77,79-80,82-83,91,98-100,110-112,114-119H,7-16,27-30,32-33,40-44H2,1-6H3,(H2,97,113)(H,101,128)(H,102,124)(H,103,121)(H,104,123)(H,105,125)(H,106,120)(H,107,122)(H,126,127)(H2,130,131,132)(H2,133,134,135). The number of ether oxygens (including phenoxy) is 8. The lowest BCUT2D eigenvalue weighted by atomic mass is 9.85. The van der Waals surface area contributed by atoms with Gasteiger partial charge in [0.2, 0.25) is 53.4 Å². The Morgan fingerprint density at radius 1 is 0.690 bits per heavy atom. The highest BCUT2D eigenvalue weighted by molar-refractivity contribution is 7.70. The molecule has 0 spiro atoms. The third-order valence-electron chi connectivity index (χ3n) is 25.2. The fraction of sp³-hybridized carbons (Fsp3) is 0.500. The number of benzene rings is 6. The zero-order chi connectivity index (χ0) is 106. The number of phenolic OH excluding ortho intramolecular Hbond substituents is 3. The fourth-order valence-electron chi connectivity index (χ4n) is 17.4. The van der Waals surface area contributed by atoms with Crippen molar-refractivity contribution < 1.29 is 170 Å². The van der Waals surface area contributed by atoms with E-state index in [9.17, 15) is 109 Å². The van der Waals surface area contributed by atoms with Crippen molar-refractivity contribution in [3.8, 4) is 57.1 Å². The number of unbranched alkanes of at least 4 members (excludes halogenated alkanes) is 7. The van der Waals surface area contributed by atoms with Crippen molar-refractivity contribution in [2.24, 2.45) is 11.7 Å². The van der Waals surface area contributed by atoms with Crippen LogP contribution in [0.4, 0.5) is 15.3 Å². The third-order valence-corrected chi connectivity index (χ3v) is 29.6. The first-order valence-electron chi connectivity index (χ1n) is 46.8. The Morgan fingerprint density at radius 2 is 1.30 bits per heavy atom. The summed E-state index contributed by atoms with van der Waals surface area (Å²) in [4.78, 5) is 197. The van der Waals surface area contributed by atoms with Gasteiger partial charge in [-0.3, -0.25) is 48.0 Å². The van der Waals surface area contributed by atoms with Crippen LogP contribution >= 0.6 is 38.4 Å². The second-order valence-electron chi connectivity index (χ2n) is 36.4. The number of halogens is 2. The summed E-state index contributed by atoms with van der Waals surface area (Å²) in [7, 11) is -8.96. The lowest BCUT2D eigenvalue weighted by molar-refractivity contribution is -0.334. The van der Waals surface area contributed by atoms with Crippen molar-refractivity contribution in [2.45, 2.75) is 246 Å². The number of hydrogen-bond donors (Lipinski definition) is 25. The number of aromatic hydroxyl groups is 3. The van der Waals surface area contributed by atoms with Crippen LogP contribution in [0.1, 0.15) is 187 Å². The molecule has 2 fully saturated rings. The molecule has 26 N–H and O–H groups in total. The van der Waals surface area contributed by atoms with E-state index in [4.69, 9.17) is 66.8 Å². The van der Waals surface area contributed by atoms with Gasteiger partial charge in [-0.15, -0.1) is 0 Å². The van der Waals surface area contributed by atoms with Gasteiger partial charge in [0.05, 0.1) is 60.0 Å². The van der Waals surface area contributed by atoms with Gasteiger partial charge in [-0.25, -0.2) is 14.4 Å². The molecule has 145 heavy (non-hydrogen) atoms. The number of likely N-dealkylation sites (N-methyl/N-ethyl adjacent to an activating group) is 1. The van der Waals surface area contributed by atoms with Crippen LogP contribution < -0.4 is 73.1 Å². The number of phenols is 3. The Labute approximate surface area is 841 Å². The number of carbonyl (C=O) groups excluding carboxylic acids is 10. The zero-order valence-corrected chi connectivity index (χ0v) is 82.9. The fourth-order valence-corrected chi connectivity index (χ4v) is 20.4. The van der Waals surface area contributed by atoms with Crippen LogP contribution in [0.5, 0.6) is 46.0 Å². The molecule has 0 aromatic heterocycles. The molecule has 51 heteroatoms. The van der Waals surface area contributed by atoms with Crippen LogP contribution in [0.3, 0.4) is 0 Å². The number of aldehydes is 1. The molecular formula is C94H122Cl2N12O35P2. The van der Waals surface area contributed by atoms with Crippen molar-refractivity contribution >= 4 is 110 Å². The second kappa shape index (κ2) is 50.7. The molecule has 7 aliphatic heterocycles. The highest BCUT2D eigenvalue weighted by Gasteiger charge is 2.53. The summed E-state index contributed by atoms with van der Waals surface area (Å²) in [6, 6.07) is 3.47. The molecule has 6 aromatic rings. The van der Waals surface area contributed by atoms with E-state index >= 15 is 24.0 Å². The van der Waals surface area contributed by atoms with Gasteiger partial charge in [0.1, 0.15) is 102 Å². The minimum absolute atomic E-state index is 0.0386. The van der Waals surface area contributed by atoms with E-state index in [0.29, 0.717) is 18.3 Å². The van der Waals surface area contributed by atoms with Crippen LogP contribution in [0.2, 0.25) is 10.0 Å². The SMILES string of the molecule is CCCCCCCCCCN(CCNC1(C)CC(OC2C(Oc3c4cc5cc3Oc3ccc(cc3Cl)C(O)C3NC(=O)C(NC(=O)C5NC(=O)C(CC(N)=O)NC(=O)C(NC(=O)C(CC(C)C)NC)C(O)c5ccc(c(Cl)c5)O4)c4ccc(O)c(c4)-c4c(cc(O)c(CNCC=O)c4O)C(C(=O)O)NC3=O)OC(CO)C(O)C2O)OC(C)C1O)C(=O)OCc1ccc(NC(=O)OCCCC(P(=O)(O)O)P(=O)(O)O)cc1. The van der Waals surface area contributed by atoms with E-state index in [1.54, 1.807) is 20.8 Å². The van der Waals surface area contributed by atoms with E-state index in [-0.39, 0.29) is 74.8 Å². The summed E-state index contributed by atoms with van der Waals surface area (Å²) in [5.74, 6) is -17.2. The normalized spacial score (nSPS) is 24.2. The number of carboxylic acids is 1.